The van der Waals surface area contributed by atoms with Crippen LogP contribution < -0.4 is 5.69 Å². The number of thiol groups is 1. The summed E-state index contributed by atoms with van der Waals surface area (Å²) in [4.78, 5) is 22.6. The van der Waals surface area contributed by atoms with Crippen LogP contribution in [0.3, 0.4) is 0 Å². The lowest BCUT2D eigenvalue weighted by Crippen LogP contribution is -2.30. The first-order valence-corrected chi connectivity index (χ1v) is 6.33. The fourth-order valence-corrected chi connectivity index (χ4v) is 2.21. The molecule has 0 fully saturated rings. The molecule has 0 spiro atoms. The van der Waals surface area contributed by atoms with Crippen molar-refractivity contribution < 1.29 is 15.0 Å². The van der Waals surface area contributed by atoms with E-state index in [1.54, 1.807) is 0 Å². The molecule has 1 aromatic rings. The third kappa shape index (κ3) is 3.32. The Balaban J connectivity index is 3.11. The van der Waals surface area contributed by atoms with Crippen molar-refractivity contribution in [2.24, 2.45) is 5.92 Å². The topological polar surface area (TPSA) is 84.5 Å². The summed E-state index contributed by atoms with van der Waals surface area (Å²) in [5.41, 5.74) is -0.519. The Hall–Kier alpha value is -1.37. The maximum absolute atomic E-state index is 12.0. The second kappa shape index (κ2) is 5.99. The predicted octanol–water partition coefficient (Wildman–Crippen LogP) is 0.957. The van der Waals surface area contributed by atoms with Gasteiger partial charge in [0.05, 0.1) is 12.2 Å². The average molecular weight is 274 g/mol. The molecule has 2 N–H and O–H groups in total. The van der Waals surface area contributed by atoms with E-state index in [-0.39, 0.29) is 11.9 Å². The van der Waals surface area contributed by atoms with Gasteiger partial charge in [0.25, 0.3) is 0 Å². The highest BCUT2D eigenvalue weighted by atomic mass is 32.1. The number of nitrogens with zero attached hydrogens (tertiary/aromatic N) is 2. The van der Waals surface area contributed by atoms with Crippen molar-refractivity contribution in [3.8, 4) is 5.88 Å². The molecule has 1 atom stereocenters. The van der Waals surface area contributed by atoms with Gasteiger partial charge < -0.3 is 10.2 Å². The summed E-state index contributed by atoms with van der Waals surface area (Å²) in [6, 6.07) is -0.240. The highest BCUT2D eigenvalue weighted by Crippen LogP contribution is 2.22. The second-order valence-electron chi connectivity index (χ2n) is 4.63. The van der Waals surface area contributed by atoms with E-state index in [2.05, 4.69) is 12.6 Å². The number of rotatable bonds is 6. The van der Waals surface area contributed by atoms with Crippen LogP contribution >= 0.6 is 12.6 Å². The molecule has 0 amide bonds. The fourth-order valence-electron chi connectivity index (χ4n) is 1.90. The fraction of sp³-hybridized carbons (Fsp3) is 0.636. The van der Waals surface area contributed by atoms with Crippen LogP contribution in [0.5, 0.6) is 5.88 Å². The molecule has 0 saturated heterocycles. The molecule has 0 aliphatic rings. The molecule has 102 valence electrons. The van der Waals surface area contributed by atoms with E-state index in [4.69, 9.17) is 5.11 Å². The Morgan fingerprint density at radius 3 is 2.56 bits per heavy atom. The van der Waals surface area contributed by atoms with Crippen LogP contribution in [-0.2, 0) is 11.3 Å². The third-order valence-corrected chi connectivity index (χ3v) is 3.02. The molecule has 1 rings (SSSR count). The van der Waals surface area contributed by atoms with Gasteiger partial charge in [-0.1, -0.05) is 13.8 Å². The number of hydrogen-bond acceptors (Lipinski definition) is 4. The first-order chi connectivity index (χ1) is 8.36. The molecule has 0 aliphatic heterocycles. The average Bonchev–Trinajstić information content (AvgIpc) is 2.50. The molecular weight excluding hydrogens is 256 g/mol. The van der Waals surface area contributed by atoms with Gasteiger partial charge in [-0.25, -0.2) is 4.79 Å². The lowest BCUT2D eigenvalue weighted by atomic mass is 10.1. The van der Waals surface area contributed by atoms with Gasteiger partial charge in [0.1, 0.15) is 6.54 Å². The number of carboxylic acid groups (broad SMARTS) is 1. The molecule has 0 bridgehead atoms. The van der Waals surface area contributed by atoms with Crippen molar-refractivity contribution in [3.05, 3.63) is 16.7 Å². The molecule has 0 radical (unpaired) electrons. The van der Waals surface area contributed by atoms with Crippen molar-refractivity contribution >= 4 is 18.6 Å². The van der Waals surface area contributed by atoms with Crippen molar-refractivity contribution in [2.45, 2.75) is 32.9 Å². The normalized spacial score (nSPS) is 12.9. The summed E-state index contributed by atoms with van der Waals surface area (Å²) in [5, 5.41) is 18.4. The highest BCUT2D eigenvalue weighted by molar-refractivity contribution is 7.80. The van der Waals surface area contributed by atoms with Gasteiger partial charge in [0.2, 0.25) is 5.88 Å². The summed E-state index contributed by atoms with van der Waals surface area (Å²) in [7, 11) is 0. The number of hydrogen-bond donors (Lipinski definition) is 3. The SMILES string of the molecule is CC(C)CC(CS)n1c(O)cn(CC(=O)O)c1=O. The van der Waals surface area contributed by atoms with Crippen molar-refractivity contribution in [1.82, 2.24) is 9.13 Å². The van der Waals surface area contributed by atoms with Crippen molar-refractivity contribution in [3.63, 3.8) is 0 Å². The molecule has 1 aromatic heterocycles. The van der Waals surface area contributed by atoms with Gasteiger partial charge in [0, 0.05) is 5.75 Å². The number of aliphatic carboxylic acids is 1. The Morgan fingerprint density at radius 2 is 2.11 bits per heavy atom. The van der Waals surface area contributed by atoms with Gasteiger partial charge in [-0.15, -0.1) is 0 Å². The molecule has 0 aromatic carbocycles. The third-order valence-electron chi connectivity index (χ3n) is 2.59. The minimum Gasteiger partial charge on any atom is -0.493 e. The van der Waals surface area contributed by atoms with E-state index in [9.17, 15) is 14.7 Å². The number of aromatic hydroxyl groups is 1. The first kappa shape index (κ1) is 14.7. The van der Waals surface area contributed by atoms with Crippen LogP contribution in [0.2, 0.25) is 0 Å². The quantitative estimate of drug-likeness (QED) is 0.674. The maximum Gasteiger partial charge on any atom is 0.331 e. The standard InChI is InChI=1S/C11H18N2O4S/c1-7(2)3-8(6-18)13-9(14)4-12(11(13)17)5-10(15)16/h4,7-8,14,18H,3,5-6H2,1-2H3,(H,15,16). The smallest absolute Gasteiger partial charge is 0.331 e. The zero-order valence-electron chi connectivity index (χ0n) is 10.4. The van der Waals surface area contributed by atoms with Crippen LogP contribution in [0, 0.1) is 5.92 Å². The molecule has 0 saturated carbocycles. The largest absolute Gasteiger partial charge is 0.493 e. The molecule has 7 heteroatoms. The number of aromatic nitrogens is 2. The molecule has 1 heterocycles. The van der Waals surface area contributed by atoms with E-state index < -0.39 is 18.2 Å². The lowest BCUT2D eigenvalue weighted by Gasteiger charge is -2.18. The molecular formula is C11H18N2O4S. The van der Waals surface area contributed by atoms with E-state index in [0.29, 0.717) is 18.1 Å². The second-order valence-corrected chi connectivity index (χ2v) is 4.99. The minimum atomic E-state index is -1.12. The van der Waals surface area contributed by atoms with E-state index in [1.165, 1.54) is 4.57 Å². The molecule has 1 unspecified atom stereocenters. The molecule has 6 nitrogen and oxygen atoms in total. The predicted molar refractivity (Wildman–Crippen MR) is 70.3 cm³/mol. The van der Waals surface area contributed by atoms with Crippen LogP contribution in [-0.4, -0.2) is 31.1 Å². The van der Waals surface area contributed by atoms with Gasteiger partial charge in [-0.3, -0.25) is 13.9 Å². The van der Waals surface area contributed by atoms with Gasteiger partial charge in [0.15, 0.2) is 0 Å². The summed E-state index contributed by atoms with van der Waals surface area (Å²) < 4.78 is 2.18. The Morgan fingerprint density at radius 1 is 1.50 bits per heavy atom. The summed E-state index contributed by atoms with van der Waals surface area (Å²) >= 11 is 4.18. The zero-order valence-corrected chi connectivity index (χ0v) is 11.3. The number of imidazole rings is 1. The summed E-state index contributed by atoms with van der Waals surface area (Å²) in [6.07, 6.45) is 1.83. The van der Waals surface area contributed by atoms with Crippen molar-refractivity contribution in [2.75, 3.05) is 5.75 Å². The Kier molecular flexibility index (Phi) is 4.89. The highest BCUT2D eigenvalue weighted by Gasteiger charge is 2.20. The van der Waals surface area contributed by atoms with E-state index in [0.717, 1.165) is 10.8 Å². The minimum absolute atomic E-state index is 0.221. The molecule has 18 heavy (non-hydrogen) atoms. The Labute approximate surface area is 110 Å². The van der Waals surface area contributed by atoms with Gasteiger partial charge in [-0.2, -0.15) is 12.6 Å². The van der Waals surface area contributed by atoms with Crippen LogP contribution in [0.25, 0.3) is 0 Å². The van der Waals surface area contributed by atoms with Gasteiger partial charge >= 0.3 is 11.7 Å². The van der Waals surface area contributed by atoms with E-state index >= 15 is 0 Å². The number of carboxylic acids is 1. The monoisotopic (exact) mass is 274 g/mol. The molecule has 0 aliphatic carbocycles. The van der Waals surface area contributed by atoms with Crippen molar-refractivity contribution in [1.29, 1.82) is 0 Å². The summed E-state index contributed by atoms with van der Waals surface area (Å²) in [6.45, 7) is 3.56. The van der Waals surface area contributed by atoms with Gasteiger partial charge in [-0.05, 0) is 12.3 Å². The lowest BCUT2D eigenvalue weighted by molar-refractivity contribution is -0.137. The Bertz CT molecular complexity index is 478. The zero-order chi connectivity index (χ0) is 13.9. The van der Waals surface area contributed by atoms with Crippen LogP contribution in [0.4, 0.5) is 0 Å². The summed E-state index contributed by atoms with van der Waals surface area (Å²) in [5.74, 6) is -0.597. The number of carbonyl (C=O) groups is 1. The first-order valence-electron chi connectivity index (χ1n) is 5.70. The van der Waals surface area contributed by atoms with Crippen LogP contribution in [0.1, 0.15) is 26.3 Å². The maximum atomic E-state index is 12.0. The van der Waals surface area contributed by atoms with E-state index in [1.807, 2.05) is 13.8 Å². The van der Waals surface area contributed by atoms with Crippen LogP contribution in [0.15, 0.2) is 11.0 Å².